The number of alkyl halides is 1. The number of nitrogen functional groups attached to an aromatic ring is 1. The van der Waals surface area contributed by atoms with Crippen molar-refractivity contribution in [3.05, 3.63) is 65.0 Å². The molecule has 9 nitrogen and oxygen atoms in total. The van der Waals surface area contributed by atoms with Gasteiger partial charge in [0, 0.05) is 0 Å². The number of carbonyl (C=O) groups excluding carboxylic acids is 2. The molecule has 2 aliphatic heterocycles. The van der Waals surface area contributed by atoms with Gasteiger partial charge in [-0.15, -0.1) is 0 Å². The normalized spacial score (nSPS) is 18.4. The van der Waals surface area contributed by atoms with E-state index in [4.69, 9.17) is 5.84 Å². The Bertz CT molecular complexity index is 1330. The summed E-state index contributed by atoms with van der Waals surface area (Å²) in [7, 11) is -2.18. The van der Waals surface area contributed by atoms with E-state index in [-0.39, 0.29) is 45.2 Å². The van der Waals surface area contributed by atoms with Crippen LogP contribution in [0.1, 0.15) is 42.3 Å². The Kier molecular flexibility index (Phi) is 10.3. The van der Waals surface area contributed by atoms with Crippen molar-refractivity contribution in [3.63, 3.8) is 0 Å². The fraction of sp³-hybridized carbons (Fsp3) is 0.483. The van der Waals surface area contributed by atoms with Gasteiger partial charge in [0.1, 0.15) is 0 Å². The van der Waals surface area contributed by atoms with Crippen molar-refractivity contribution in [1.29, 1.82) is 0 Å². The molecule has 0 bridgehead atoms. The first kappa shape index (κ1) is 31.7. The van der Waals surface area contributed by atoms with Gasteiger partial charge >= 0.3 is 223 Å². The maximum absolute atomic E-state index is 15.0. The monoisotopic (exact) mass is 699 g/mol. The third kappa shape index (κ3) is 8.87. The molecule has 0 saturated carbocycles. The summed E-state index contributed by atoms with van der Waals surface area (Å²) in [5.74, 6) is 8.46. The molecular weight excluding hydrogens is 658 g/mol. The van der Waals surface area contributed by atoms with Crippen LogP contribution in [0.15, 0.2) is 42.5 Å². The van der Waals surface area contributed by atoms with Gasteiger partial charge in [0.2, 0.25) is 0 Å². The van der Waals surface area contributed by atoms with Crippen molar-refractivity contribution in [1.82, 2.24) is 18.3 Å². The van der Waals surface area contributed by atoms with E-state index in [9.17, 15) is 13.8 Å². The summed E-state index contributed by atoms with van der Waals surface area (Å²) >= 11 is -0.0861. The van der Waals surface area contributed by atoms with Crippen molar-refractivity contribution < 1.29 is 39.7 Å². The van der Waals surface area contributed by atoms with E-state index in [1.165, 1.54) is 17.7 Å². The molecule has 2 aromatic carbocycles. The van der Waals surface area contributed by atoms with E-state index in [0.717, 1.165) is 36.8 Å². The molecule has 0 aliphatic carbocycles. The first-order valence-corrected chi connectivity index (χ1v) is 18.2. The van der Waals surface area contributed by atoms with Crippen LogP contribution in [0.4, 0.5) is 14.9 Å². The zero-order chi connectivity index (χ0) is 29.8. The first-order chi connectivity index (χ1) is 19.3. The van der Waals surface area contributed by atoms with Gasteiger partial charge in [-0.1, -0.05) is 0 Å². The number of hydrogen-bond donors (Lipinski definition) is 2. The van der Waals surface area contributed by atoms with Crippen molar-refractivity contribution in [2.24, 2.45) is 11.3 Å². The van der Waals surface area contributed by atoms with Crippen LogP contribution in [0, 0.1) is 11.2 Å². The number of halogens is 2. The Morgan fingerprint density at radius 2 is 1.78 bits per heavy atom. The van der Waals surface area contributed by atoms with Gasteiger partial charge in [-0.2, -0.15) is 0 Å². The number of hydrogen-bond acceptors (Lipinski definition) is 6. The first-order valence-electron chi connectivity index (χ1n) is 13.7. The van der Waals surface area contributed by atoms with Gasteiger partial charge in [-0.3, -0.25) is 14.4 Å². The summed E-state index contributed by atoms with van der Waals surface area (Å²) in [6.45, 7) is 11.6. The van der Waals surface area contributed by atoms with Gasteiger partial charge in [-0.05, 0) is 5.87 Å². The van der Waals surface area contributed by atoms with E-state index >= 15 is 4.39 Å². The topological polar surface area (TPSA) is 102 Å². The second kappa shape index (κ2) is 13.4. The van der Waals surface area contributed by atoms with Gasteiger partial charge in [0.05, 0.1) is 0 Å². The number of rotatable bonds is 7. The van der Waals surface area contributed by atoms with Gasteiger partial charge < -0.3 is 0 Å². The molecule has 2 aromatic rings. The predicted molar refractivity (Wildman–Crippen MR) is 159 cm³/mol. The molecule has 2 heterocycles. The quantitative estimate of drug-likeness (QED) is 0.0603. The third-order valence-electron chi connectivity index (χ3n) is 7.09. The number of nitrogens with zero attached hydrogens (tertiary/aromatic N) is 4. The van der Waals surface area contributed by atoms with E-state index in [1.54, 1.807) is 9.80 Å². The summed E-state index contributed by atoms with van der Waals surface area (Å²) < 4.78 is 31.1. The molecule has 0 radical (unpaired) electrons. The number of anilines is 1. The molecule has 12 heteroatoms. The number of nitrogens with one attached hydrogen (secondary N) is 1. The number of benzene rings is 2. The molecule has 0 spiro atoms. The molecule has 0 unspecified atom stereocenters. The van der Waals surface area contributed by atoms with Crippen LogP contribution in [0.25, 0.3) is 0 Å². The number of hydrazine groups is 1. The molecule has 3 amide bonds. The van der Waals surface area contributed by atoms with Crippen LogP contribution in [-0.4, -0.2) is 83.7 Å². The fourth-order valence-corrected chi connectivity index (χ4v) is 8.83. The Balaban J connectivity index is 1.49. The van der Waals surface area contributed by atoms with Crippen molar-refractivity contribution in [2.75, 3.05) is 53.7 Å². The average Bonchev–Trinajstić information content (AvgIpc) is 2.92. The molecule has 0 aromatic heterocycles. The van der Waals surface area contributed by atoms with Crippen molar-refractivity contribution in [3.8, 4) is 0 Å². The third-order valence-corrected chi connectivity index (χ3v) is 12.0. The molecule has 41 heavy (non-hydrogen) atoms. The molecule has 0 atom stereocenters. The van der Waals surface area contributed by atoms with Crippen LogP contribution in [0.2, 0.25) is 0 Å². The Labute approximate surface area is 253 Å². The van der Waals surface area contributed by atoms with E-state index in [2.05, 4.69) is 34.7 Å². The second-order valence-electron chi connectivity index (χ2n) is 11.9. The van der Waals surface area contributed by atoms with E-state index < -0.39 is 21.2 Å². The zero-order valence-corrected chi connectivity index (χ0v) is 27.0. The Hall–Kier alpha value is -2.26. The number of carbonyl (C=O) groups is 2. The standard InChI is InChI=1S/C29H41FIN6O3S/c1-29(2,3)20-34-11-12-36(31-21-34)18-22-5-9-25(10-6-22)37(28(39)35-13-15-41(4,40)16-14-35)19-24-8-7-23(17-26(24)30)27(38)33-32/h5-10,17H,4,11-16,18-21,32H2,1-3H3,(H,33,38)/q-1. The van der Waals surface area contributed by atoms with Crippen LogP contribution in [0.3, 0.4) is 0 Å². The SMILES string of the molecule is C=S1(=O)CCN(C(=O)N(Cc2ccc(C(=O)NN)cc2F)c2ccc(CN3CCN(CC(C)(C)C)C[I-]3)cc2)CC1. The van der Waals surface area contributed by atoms with Gasteiger partial charge in [0.15, 0.2) is 0 Å². The fourth-order valence-electron chi connectivity index (χ4n) is 4.88. The number of amides is 3. The molecule has 3 N–H and O–H groups in total. The zero-order valence-electron chi connectivity index (χ0n) is 24.1. The van der Waals surface area contributed by atoms with E-state index in [0.29, 0.717) is 35.7 Å². The number of nitrogens with two attached hydrogens (primary N) is 1. The summed E-state index contributed by atoms with van der Waals surface area (Å²) in [6, 6.07) is 11.7. The summed E-state index contributed by atoms with van der Waals surface area (Å²) in [4.78, 5) is 31.3. The second-order valence-corrected chi connectivity index (χ2v) is 17.4. The molecular formula is C29H41FIN6O3S-. The molecule has 4 rings (SSSR count). The minimum atomic E-state index is -2.18. The summed E-state index contributed by atoms with van der Waals surface area (Å²) in [5.41, 5.74) is 4.48. The van der Waals surface area contributed by atoms with Crippen LogP contribution in [0.5, 0.6) is 0 Å². The van der Waals surface area contributed by atoms with Crippen molar-refractivity contribution in [2.45, 2.75) is 33.9 Å². The van der Waals surface area contributed by atoms with Crippen LogP contribution in [-0.2, 0) is 22.6 Å². The van der Waals surface area contributed by atoms with Crippen LogP contribution >= 0.6 is 0 Å². The molecule has 226 valence electrons. The molecule has 2 fully saturated rings. The summed E-state index contributed by atoms with van der Waals surface area (Å²) in [5, 5.41) is 0. The van der Waals surface area contributed by atoms with Crippen LogP contribution < -0.4 is 37.6 Å². The molecule has 2 saturated heterocycles. The Morgan fingerprint density at radius 3 is 2.34 bits per heavy atom. The van der Waals surface area contributed by atoms with E-state index in [1.807, 2.05) is 29.7 Å². The maximum atomic E-state index is 15.0. The minimum absolute atomic E-state index is 0.0218. The average molecular weight is 700 g/mol. The van der Waals surface area contributed by atoms with Gasteiger partial charge in [-0.25, -0.2) is 5.84 Å². The molecule has 2 aliphatic rings. The predicted octanol–water partition coefficient (Wildman–Crippen LogP) is -0.287. The number of urea groups is 1. The summed E-state index contributed by atoms with van der Waals surface area (Å²) in [6.07, 6.45) is 0. The van der Waals surface area contributed by atoms with Gasteiger partial charge in [0.25, 0.3) is 5.91 Å². The Morgan fingerprint density at radius 1 is 1.10 bits per heavy atom. The van der Waals surface area contributed by atoms with Crippen molar-refractivity contribution >= 4 is 33.0 Å².